The van der Waals surface area contributed by atoms with Crippen LogP contribution in [0.1, 0.15) is 43.3 Å². The molecule has 7 nitrogen and oxygen atoms in total. The number of methoxy groups -OCH3 is 5. The Morgan fingerprint density at radius 1 is 0.606 bits per heavy atom. The van der Waals surface area contributed by atoms with Gasteiger partial charge < -0.3 is 23.7 Å². The van der Waals surface area contributed by atoms with E-state index in [1.54, 1.807) is 43.5 Å². The molecule has 1 aliphatic carbocycles. The average molecular weight is 448 g/mol. The van der Waals surface area contributed by atoms with Crippen LogP contribution in [0.5, 0.6) is 28.7 Å². The first-order valence-corrected chi connectivity index (χ1v) is 10.2. The fraction of sp³-hybridized carbons (Fsp3) is 0.231. The third-order valence-electron chi connectivity index (χ3n) is 5.83. The van der Waals surface area contributed by atoms with E-state index in [1.165, 1.54) is 28.4 Å². The van der Waals surface area contributed by atoms with E-state index in [1.807, 2.05) is 12.1 Å². The minimum absolute atomic E-state index is 0.192. The monoisotopic (exact) mass is 448 g/mol. The van der Waals surface area contributed by atoms with Gasteiger partial charge in [-0.25, -0.2) is 0 Å². The quantitative estimate of drug-likeness (QED) is 0.557. The number of ketones is 2. The van der Waals surface area contributed by atoms with E-state index in [0.29, 0.717) is 39.7 Å². The number of ether oxygens (including phenoxy) is 5. The zero-order chi connectivity index (χ0) is 23.7. The first-order chi connectivity index (χ1) is 16.0. The van der Waals surface area contributed by atoms with Crippen LogP contribution in [0.3, 0.4) is 0 Å². The van der Waals surface area contributed by atoms with Crippen LogP contribution in [-0.2, 0) is 0 Å². The molecule has 4 rings (SSSR count). The third kappa shape index (κ3) is 3.65. The van der Waals surface area contributed by atoms with E-state index in [2.05, 4.69) is 0 Å². The smallest absolute Gasteiger partial charge is 0.198 e. The number of carbonyl (C=O) groups is 2. The van der Waals surface area contributed by atoms with E-state index in [4.69, 9.17) is 23.7 Å². The summed E-state index contributed by atoms with van der Waals surface area (Å²) in [5.74, 6) is 0.668. The van der Waals surface area contributed by atoms with E-state index in [9.17, 15) is 9.59 Å². The molecule has 0 N–H and O–H groups in total. The number of fused-ring (bicyclic) bond motifs is 2. The number of hydrogen-bond acceptors (Lipinski definition) is 7. The van der Waals surface area contributed by atoms with Crippen molar-refractivity contribution >= 4 is 11.6 Å². The summed E-state index contributed by atoms with van der Waals surface area (Å²) in [6.45, 7) is 0. The molecule has 0 heterocycles. The molecule has 3 aromatic carbocycles. The molecule has 170 valence electrons. The second-order valence-electron chi connectivity index (χ2n) is 7.45. The lowest BCUT2D eigenvalue weighted by atomic mass is 9.84. The summed E-state index contributed by atoms with van der Waals surface area (Å²) in [4.78, 5) is 28.0. The Kier molecular flexibility index (Phi) is 5.96. The topological polar surface area (TPSA) is 80.3 Å². The first-order valence-electron chi connectivity index (χ1n) is 10.2. The molecular weight excluding hydrogens is 424 g/mol. The molecule has 1 atom stereocenters. The fourth-order valence-electron chi connectivity index (χ4n) is 4.21. The Morgan fingerprint density at radius 3 is 1.70 bits per heavy atom. The van der Waals surface area contributed by atoms with Crippen LogP contribution >= 0.6 is 0 Å². The fourth-order valence-corrected chi connectivity index (χ4v) is 4.21. The van der Waals surface area contributed by atoms with Crippen LogP contribution in [0.15, 0.2) is 48.5 Å². The van der Waals surface area contributed by atoms with Gasteiger partial charge in [0.25, 0.3) is 0 Å². The standard InChI is InChI=1S/C26H24O7/c1-29-15-8-6-14(7-9-15)22-18-10-16(30-2)12-20(32-4)23(18)25(27)19-11-17(31-3)13-21(33-5)24(19)26(22)28/h6-13,22H,1-5H3. The van der Waals surface area contributed by atoms with Gasteiger partial charge in [-0.15, -0.1) is 0 Å². The van der Waals surface area contributed by atoms with Crippen LogP contribution in [0, 0.1) is 0 Å². The normalized spacial score (nSPS) is 14.6. The third-order valence-corrected chi connectivity index (χ3v) is 5.83. The van der Waals surface area contributed by atoms with Gasteiger partial charge in [-0.05, 0) is 35.4 Å². The number of Topliss-reactive ketones (excluding diaryl/α,β-unsaturated/α-hetero) is 1. The Morgan fingerprint density at radius 2 is 1.15 bits per heavy atom. The molecule has 0 radical (unpaired) electrons. The molecule has 0 amide bonds. The van der Waals surface area contributed by atoms with Gasteiger partial charge in [-0.3, -0.25) is 9.59 Å². The maximum atomic E-state index is 14.1. The van der Waals surface area contributed by atoms with Crippen molar-refractivity contribution in [1.82, 2.24) is 0 Å². The highest BCUT2D eigenvalue weighted by atomic mass is 16.5. The summed E-state index contributed by atoms with van der Waals surface area (Å²) in [6.07, 6.45) is 0. The van der Waals surface area contributed by atoms with E-state index in [0.717, 1.165) is 0 Å². The molecular formula is C26H24O7. The number of rotatable bonds is 6. The highest BCUT2D eigenvalue weighted by Crippen LogP contribution is 2.45. The zero-order valence-corrected chi connectivity index (χ0v) is 19.1. The van der Waals surface area contributed by atoms with Crippen molar-refractivity contribution < 1.29 is 33.3 Å². The van der Waals surface area contributed by atoms with Crippen LogP contribution < -0.4 is 23.7 Å². The van der Waals surface area contributed by atoms with Crippen molar-refractivity contribution in [2.24, 2.45) is 0 Å². The predicted octanol–water partition coefficient (Wildman–Crippen LogP) is 4.29. The van der Waals surface area contributed by atoms with Gasteiger partial charge in [0.2, 0.25) is 0 Å². The van der Waals surface area contributed by atoms with Crippen LogP contribution in [0.2, 0.25) is 0 Å². The van der Waals surface area contributed by atoms with E-state index in [-0.39, 0.29) is 28.4 Å². The molecule has 0 aromatic heterocycles. The molecule has 0 fully saturated rings. The molecule has 0 saturated carbocycles. The summed E-state index contributed by atoms with van der Waals surface area (Å²) in [7, 11) is 7.52. The number of carbonyl (C=O) groups excluding carboxylic acids is 2. The molecule has 0 aliphatic heterocycles. The molecule has 1 unspecified atom stereocenters. The maximum Gasteiger partial charge on any atom is 0.198 e. The van der Waals surface area contributed by atoms with Crippen LogP contribution in [0.25, 0.3) is 0 Å². The second kappa shape index (κ2) is 8.86. The predicted molar refractivity (Wildman–Crippen MR) is 122 cm³/mol. The van der Waals surface area contributed by atoms with E-state index >= 15 is 0 Å². The Hall–Kier alpha value is -4.00. The van der Waals surface area contributed by atoms with Gasteiger partial charge in [0.15, 0.2) is 11.6 Å². The van der Waals surface area contributed by atoms with Crippen molar-refractivity contribution in [2.45, 2.75) is 5.92 Å². The highest BCUT2D eigenvalue weighted by molar-refractivity contribution is 6.23. The summed E-state index contributed by atoms with van der Waals surface area (Å²) in [5, 5.41) is 0. The van der Waals surface area contributed by atoms with Crippen LogP contribution in [-0.4, -0.2) is 47.1 Å². The summed E-state index contributed by atoms with van der Waals surface area (Å²) >= 11 is 0. The molecule has 7 heteroatoms. The van der Waals surface area contributed by atoms with Gasteiger partial charge in [-0.2, -0.15) is 0 Å². The van der Waals surface area contributed by atoms with Crippen molar-refractivity contribution in [1.29, 1.82) is 0 Å². The largest absolute Gasteiger partial charge is 0.497 e. The average Bonchev–Trinajstić information content (AvgIpc) is 2.95. The molecule has 0 spiro atoms. The summed E-state index contributed by atoms with van der Waals surface area (Å²) in [5.41, 5.74) is 1.86. The lowest BCUT2D eigenvalue weighted by Crippen LogP contribution is -2.16. The zero-order valence-electron chi connectivity index (χ0n) is 19.1. The Bertz CT molecular complexity index is 1230. The Labute approximate surface area is 191 Å². The van der Waals surface area contributed by atoms with Crippen LogP contribution in [0.4, 0.5) is 0 Å². The van der Waals surface area contributed by atoms with Gasteiger partial charge in [0.05, 0.1) is 52.6 Å². The molecule has 1 aliphatic rings. The molecule has 33 heavy (non-hydrogen) atoms. The van der Waals surface area contributed by atoms with Crippen molar-refractivity contribution in [2.75, 3.05) is 35.5 Å². The first kappa shape index (κ1) is 22.2. The van der Waals surface area contributed by atoms with Gasteiger partial charge in [0, 0.05) is 17.7 Å². The Balaban J connectivity index is 2.10. The summed E-state index contributed by atoms with van der Waals surface area (Å²) in [6, 6.07) is 13.7. The molecule has 0 bridgehead atoms. The second-order valence-corrected chi connectivity index (χ2v) is 7.45. The summed E-state index contributed by atoms with van der Waals surface area (Å²) < 4.78 is 27.2. The lowest BCUT2D eigenvalue weighted by Gasteiger charge is -2.20. The van der Waals surface area contributed by atoms with Crippen molar-refractivity contribution in [3.05, 3.63) is 76.3 Å². The van der Waals surface area contributed by atoms with Crippen molar-refractivity contribution in [3.8, 4) is 28.7 Å². The van der Waals surface area contributed by atoms with Gasteiger partial charge in [-0.1, -0.05) is 12.1 Å². The lowest BCUT2D eigenvalue weighted by molar-refractivity contribution is 0.0965. The van der Waals surface area contributed by atoms with Gasteiger partial charge in [0.1, 0.15) is 28.7 Å². The number of hydrogen-bond donors (Lipinski definition) is 0. The minimum Gasteiger partial charge on any atom is -0.497 e. The molecule has 3 aromatic rings. The molecule has 0 saturated heterocycles. The van der Waals surface area contributed by atoms with E-state index < -0.39 is 5.92 Å². The van der Waals surface area contributed by atoms with Gasteiger partial charge >= 0.3 is 0 Å². The van der Waals surface area contributed by atoms with Crippen molar-refractivity contribution in [3.63, 3.8) is 0 Å². The highest BCUT2D eigenvalue weighted by Gasteiger charge is 2.39. The minimum atomic E-state index is -0.803. The SMILES string of the molecule is COc1ccc(C2C(=O)c3c(OC)cc(OC)cc3C(=O)c3c(OC)cc(OC)cc32)cc1. The number of benzene rings is 3. The maximum absolute atomic E-state index is 14.1.